The predicted octanol–water partition coefficient (Wildman–Crippen LogP) is -0.329. The van der Waals surface area contributed by atoms with Gasteiger partial charge in [-0.2, -0.15) is 11.8 Å². The van der Waals surface area contributed by atoms with Crippen molar-refractivity contribution < 1.29 is 14.7 Å². The minimum atomic E-state index is -0.933. The molecule has 6 heteroatoms. The van der Waals surface area contributed by atoms with Crippen molar-refractivity contribution in [2.24, 2.45) is 5.73 Å². The van der Waals surface area contributed by atoms with Crippen LogP contribution in [-0.4, -0.2) is 51.5 Å². The average molecular weight is 242 g/mol. The van der Waals surface area contributed by atoms with Gasteiger partial charge < -0.3 is 15.7 Å². The lowest BCUT2D eigenvalue weighted by atomic mass is 9.97. The number of carboxylic acids is 1. The Balaban J connectivity index is 2.13. The highest BCUT2D eigenvalue weighted by molar-refractivity contribution is 8.00. The highest BCUT2D eigenvalue weighted by atomic mass is 32.2. The quantitative estimate of drug-likeness (QED) is 0.521. The van der Waals surface area contributed by atoms with Crippen LogP contribution in [0.25, 0.3) is 0 Å². The minimum Gasteiger partial charge on any atom is -0.480 e. The molecule has 2 aliphatic rings. The smallest absolute Gasteiger partial charge is 0.327 e. The molecule has 0 bridgehead atoms. The van der Waals surface area contributed by atoms with Gasteiger partial charge in [0, 0.05) is 23.1 Å². The van der Waals surface area contributed by atoms with E-state index in [1.165, 1.54) is 16.7 Å². The third-order valence-corrected chi connectivity index (χ3v) is 4.41. The van der Waals surface area contributed by atoms with E-state index in [1.807, 2.05) is 0 Å². The number of fused-ring (bicyclic) bond motifs is 1. The first-order valence-electron chi connectivity index (χ1n) is 5.14. The minimum absolute atomic E-state index is 0.0609. The Bertz CT molecular complexity index is 358. The first-order valence-corrected chi connectivity index (χ1v) is 6.18. The van der Waals surface area contributed by atoms with Crippen molar-refractivity contribution in [3.05, 3.63) is 12.2 Å². The monoisotopic (exact) mass is 242 g/mol. The number of rotatable bonds is 4. The van der Waals surface area contributed by atoms with Gasteiger partial charge in [-0.1, -0.05) is 6.58 Å². The number of nitrogens with two attached hydrogens (primary N) is 1. The molecule has 0 aromatic heterocycles. The molecule has 2 fully saturated rings. The van der Waals surface area contributed by atoms with Crippen molar-refractivity contribution in [2.45, 2.75) is 23.8 Å². The van der Waals surface area contributed by atoms with E-state index in [0.29, 0.717) is 18.5 Å². The van der Waals surface area contributed by atoms with Crippen molar-refractivity contribution in [1.29, 1.82) is 0 Å². The number of thioether (sulfide) groups is 1. The van der Waals surface area contributed by atoms with E-state index < -0.39 is 12.0 Å². The number of carbonyl (C=O) groups excluding carboxylic acids is 1. The lowest BCUT2D eigenvalue weighted by Gasteiger charge is -2.38. The van der Waals surface area contributed by atoms with Crippen molar-refractivity contribution in [3.8, 4) is 0 Å². The Morgan fingerprint density at radius 1 is 1.69 bits per heavy atom. The zero-order chi connectivity index (χ0) is 11.9. The SMILES string of the molecule is C=C1C(=O)N2C1CC(SCCN)C2C(=O)O. The largest absolute Gasteiger partial charge is 0.480 e. The van der Waals surface area contributed by atoms with Gasteiger partial charge in [0.2, 0.25) is 0 Å². The second-order valence-corrected chi connectivity index (χ2v) is 5.32. The molecule has 2 saturated heterocycles. The van der Waals surface area contributed by atoms with Gasteiger partial charge in [-0.25, -0.2) is 4.79 Å². The van der Waals surface area contributed by atoms with E-state index in [1.54, 1.807) is 0 Å². The molecule has 0 aromatic rings. The molecule has 2 rings (SSSR count). The number of nitrogens with zero attached hydrogens (tertiary/aromatic N) is 1. The van der Waals surface area contributed by atoms with E-state index in [4.69, 9.17) is 10.8 Å². The van der Waals surface area contributed by atoms with Gasteiger partial charge in [0.1, 0.15) is 6.04 Å². The number of carbonyl (C=O) groups is 2. The number of carboxylic acid groups (broad SMARTS) is 1. The zero-order valence-corrected chi connectivity index (χ0v) is 9.57. The van der Waals surface area contributed by atoms with Crippen LogP contribution in [0.15, 0.2) is 12.2 Å². The maximum atomic E-state index is 11.5. The molecule has 3 unspecified atom stereocenters. The summed E-state index contributed by atoms with van der Waals surface area (Å²) in [5.74, 6) is -0.429. The topological polar surface area (TPSA) is 83.6 Å². The molecule has 2 aliphatic heterocycles. The Kier molecular flexibility index (Phi) is 2.94. The molecule has 3 N–H and O–H groups in total. The highest BCUT2D eigenvalue weighted by Gasteiger charge is 2.56. The second-order valence-electron chi connectivity index (χ2n) is 3.97. The molecule has 0 saturated carbocycles. The summed E-state index contributed by atoms with van der Waals surface area (Å²) in [6.45, 7) is 4.20. The maximum Gasteiger partial charge on any atom is 0.327 e. The Labute approximate surface area is 97.7 Å². The molecule has 88 valence electrons. The molecular formula is C10H14N2O3S. The summed E-state index contributed by atoms with van der Waals surface area (Å²) < 4.78 is 0. The standard InChI is InChI=1S/C10H14N2O3S/c1-5-6-4-7(16-3-2-11)8(10(14)15)12(6)9(5)13/h6-8H,1-4,11H2,(H,14,15). The molecule has 2 heterocycles. The lowest BCUT2D eigenvalue weighted by molar-refractivity contribution is -0.151. The summed E-state index contributed by atoms with van der Waals surface area (Å²) in [6, 6.07) is -0.775. The molecular weight excluding hydrogens is 228 g/mol. The van der Waals surface area contributed by atoms with Crippen LogP contribution < -0.4 is 5.73 Å². The van der Waals surface area contributed by atoms with E-state index >= 15 is 0 Å². The van der Waals surface area contributed by atoms with E-state index in [2.05, 4.69) is 6.58 Å². The third kappa shape index (κ3) is 1.53. The first-order chi connectivity index (χ1) is 7.57. The van der Waals surface area contributed by atoms with Gasteiger partial charge >= 0.3 is 5.97 Å². The van der Waals surface area contributed by atoms with E-state index in [0.717, 1.165) is 5.75 Å². The van der Waals surface area contributed by atoms with Gasteiger partial charge in [-0.15, -0.1) is 0 Å². The molecule has 1 amide bonds. The van der Waals surface area contributed by atoms with Crippen LogP contribution in [0.3, 0.4) is 0 Å². The van der Waals surface area contributed by atoms with Crippen molar-refractivity contribution >= 4 is 23.6 Å². The summed E-state index contributed by atoms with van der Waals surface area (Å²) in [7, 11) is 0. The van der Waals surface area contributed by atoms with Gasteiger partial charge in [0.25, 0.3) is 5.91 Å². The number of amides is 1. The Morgan fingerprint density at radius 3 is 2.94 bits per heavy atom. The first kappa shape index (κ1) is 11.5. The summed E-state index contributed by atoms with van der Waals surface area (Å²) in [5, 5.41) is 9.08. The van der Waals surface area contributed by atoms with E-state index in [9.17, 15) is 9.59 Å². The summed E-state index contributed by atoms with van der Waals surface area (Å²) >= 11 is 1.53. The summed E-state index contributed by atoms with van der Waals surface area (Å²) in [4.78, 5) is 24.1. The van der Waals surface area contributed by atoms with Crippen LogP contribution in [0.5, 0.6) is 0 Å². The van der Waals surface area contributed by atoms with Crippen LogP contribution in [0, 0.1) is 0 Å². The number of hydrogen-bond donors (Lipinski definition) is 2. The van der Waals surface area contributed by atoms with Crippen LogP contribution in [0.2, 0.25) is 0 Å². The number of hydrogen-bond acceptors (Lipinski definition) is 4. The predicted molar refractivity (Wildman–Crippen MR) is 61.1 cm³/mol. The van der Waals surface area contributed by atoms with Crippen LogP contribution in [0.4, 0.5) is 0 Å². The molecule has 16 heavy (non-hydrogen) atoms. The summed E-state index contributed by atoms with van der Waals surface area (Å²) in [5.41, 5.74) is 5.94. The zero-order valence-electron chi connectivity index (χ0n) is 8.76. The van der Waals surface area contributed by atoms with Crippen LogP contribution in [0.1, 0.15) is 6.42 Å². The van der Waals surface area contributed by atoms with Crippen molar-refractivity contribution in [1.82, 2.24) is 4.90 Å². The van der Waals surface area contributed by atoms with Gasteiger partial charge in [-0.3, -0.25) is 4.79 Å². The molecule has 0 radical (unpaired) electrons. The molecule has 0 spiro atoms. The average Bonchev–Trinajstić information content (AvgIpc) is 2.61. The van der Waals surface area contributed by atoms with Crippen LogP contribution >= 0.6 is 11.8 Å². The number of β-lactam (4-membered cyclic amide) rings is 1. The third-order valence-electron chi connectivity index (χ3n) is 3.06. The molecule has 0 aromatic carbocycles. The molecule has 3 atom stereocenters. The van der Waals surface area contributed by atoms with Crippen molar-refractivity contribution in [3.63, 3.8) is 0 Å². The maximum absolute atomic E-state index is 11.5. The number of aliphatic carboxylic acids is 1. The fourth-order valence-electron chi connectivity index (χ4n) is 2.31. The molecule has 0 aliphatic carbocycles. The van der Waals surface area contributed by atoms with E-state index in [-0.39, 0.29) is 17.2 Å². The summed E-state index contributed by atoms with van der Waals surface area (Å²) in [6.07, 6.45) is 0.687. The highest BCUT2D eigenvalue weighted by Crippen LogP contribution is 2.43. The second kappa shape index (κ2) is 4.10. The normalized spacial score (nSPS) is 32.6. The lowest BCUT2D eigenvalue weighted by Crippen LogP contribution is -2.57. The van der Waals surface area contributed by atoms with Gasteiger partial charge in [0.15, 0.2) is 0 Å². The Morgan fingerprint density at radius 2 is 2.38 bits per heavy atom. The fourth-order valence-corrected chi connectivity index (χ4v) is 3.50. The van der Waals surface area contributed by atoms with Gasteiger partial charge in [-0.05, 0) is 6.42 Å². The molecule has 5 nitrogen and oxygen atoms in total. The van der Waals surface area contributed by atoms with Crippen LogP contribution in [-0.2, 0) is 9.59 Å². The fraction of sp³-hybridized carbons (Fsp3) is 0.600. The van der Waals surface area contributed by atoms with Gasteiger partial charge in [0.05, 0.1) is 6.04 Å². The van der Waals surface area contributed by atoms with Crippen molar-refractivity contribution in [2.75, 3.05) is 12.3 Å². The Hall–Kier alpha value is -1.01.